The third-order valence-electron chi connectivity index (χ3n) is 5.89. The van der Waals surface area contributed by atoms with E-state index in [1.54, 1.807) is 0 Å². The monoisotopic (exact) mass is 422 g/mol. The minimum atomic E-state index is 0.540. The van der Waals surface area contributed by atoms with E-state index in [1.165, 1.54) is 0 Å². The maximum Gasteiger partial charge on any atom is 0.230 e. The average molecular weight is 423 g/mol. The van der Waals surface area contributed by atoms with Crippen LogP contribution < -0.4 is 15.5 Å². The first-order chi connectivity index (χ1) is 14.6. The topological polar surface area (TPSA) is 74.1 Å². The average Bonchev–Trinajstić information content (AvgIpc) is 3.14. The summed E-state index contributed by atoms with van der Waals surface area (Å²) in [5.74, 6) is 1.28. The minimum Gasteiger partial charge on any atom is -0.373 e. The minimum absolute atomic E-state index is 0.540. The molecule has 2 aliphatic rings. The Hall–Kier alpha value is -2.78. The molecule has 3 aromatic heterocycles. The van der Waals surface area contributed by atoms with E-state index in [0.29, 0.717) is 12.0 Å². The lowest BCUT2D eigenvalue weighted by Gasteiger charge is -2.38. The highest BCUT2D eigenvalue weighted by Crippen LogP contribution is 2.23. The van der Waals surface area contributed by atoms with E-state index in [1.807, 2.05) is 24.5 Å². The zero-order valence-electron chi connectivity index (χ0n) is 17.3. The fourth-order valence-corrected chi connectivity index (χ4v) is 4.42. The molecule has 156 valence electrons. The molecular weight excluding hydrogens is 396 g/mol. The smallest absolute Gasteiger partial charge is 0.230 e. The van der Waals surface area contributed by atoms with Crippen molar-refractivity contribution in [2.24, 2.45) is 0 Å². The number of pyridine rings is 1. The lowest BCUT2D eigenvalue weighted by atomic mass is 10.2. The number of rotatable bonds is 4. The molecule has 5 heterocycles. The van der Waals surface area contributed by atoms with Gasteiger partial charge in [-0.2, -0.15) is 4.98 Å². The summed E-state index contributed by atoms with van der Waals surface area (Å²) in [6, 6.07) is 6.75. The molecule has 0 bridgehead atoms. The van der Waals surface area contributed by atoms with E-state index in [4.69, 9.17) is 17.2 Å². The van der Waals surface area contributed by atoms with Gasteiger partial charge in [0.15, 0.2) is 0 Å². The van der Waals surface area contributed by atoms with E-state index >= 15 is 0 Å². The molecule has 30 heavy (non-hydrogen) atoms. The Morgan fingerprint density at radius 1 is 1.07 bits per heavy atom. The molecular formula is C21H26N8S. The largest absolute Gasteiger partial charge is 0.373 e. The van der Waals surface area contributed by atoms with Crippen LogP contribution in [0.25, 0.3) is 11.0 Å². The maximum atomic E-state index is 5.41. The van der Waals surface area contributed by atoms with Gasteiger partial charge in [0.25, 0.3) is 0 Å². The highest BCUT2D eigenvalue weighted by Gasteiger charge is 2.20. The summed E-state index contributed by atoms with van der Waals surface area (Å²) < 4.78 is 2.15. The van der Waals surface area contributed by atoms with E-state index in [9.17, 15) is 0 Å². The van der Waals surface area contributed by atoms with Gasteiger partial charge in [-0.15, -0.1) is 0 Å². The first kappa shape index (κ1) is 19.2. The first-order valence-electron chi connectivity index (χ1n) is 10.4. The van der Waals surface area contributed by atoms with Crippen molar-refractivity contribution in [3.05, 3.63) is 36.3 Å². The van der Waals surface area contributed by atoms with Gasteiger partial charge in [0.1, 0.15) is 16.5 Å². The van der Waals surface area contributed by atoms with Crippen molar-refractivity contribution in [2.45, 2.75) is 26.4 Å². The summed E-state index contributed by atoms with van der Waals surface area (Å²) in [6.45, 7) is 10.4. The predicted octanol–water partition coefficient (Wildman–Crippen LogP) is 2.38. The van der Waals surface area contributed by atoms with Gasteiger partial charge in [-0.3, -0.25) is 4.90 Å². The SMILES string of the molecule is CC(C)N1CCN(c2ccc(Nc3ncc4cc5n(c4n3)CCNC5=S)nc2)CC1. The molecule has 0 aromatic carbocycles. The van der Waals surface area contributed by atoms with Crippen LogP contribution in [0.5, 0.6) is 0 Å². The molecule has 0 radical (unpaired) electrons. The van der Waals surface area contributed by atoms with Crippen molar-refractivity contribution in [3.8, 4) is 0 Å². The Kier molecular flexibility index (Phi) is 5.00. The Bertz CT molecular complexity index is 1070. The summed E-state index contributed by atoms with van der Waals surface area (Å²) in [6.07, 6.45) is 3.76. The summed E-state index contributed by atoms with van der Waals surface area (Å²) >= 11 is 5.41. The van der Waals surface area contributed by atoms with Gasteiger partial charge in [-0.1, -0.05) is 12.2 Å². The highest BCUT2D eigenvalue weighted by atomic mass is 32.1. The number of fused-ring (bicyclic) bond motifs is 3. The number of anilines is 3. The van der Waals surface area contributed by atoms with Gasteiger partial charge in [0.2, 0.25) is 5.95 Å². The summed E-state index contributed by atoms with van der Waals surface area (Å²) in [4.78, 5) is 19.4. The zero-order chi connectivity index (χ0) is 20.7. The van der Waals surface area contributed by atoms with E-state index in [2.05, 4.69) is 54.9 Å². The highest BCUT2D eigenvalue weighted by molar-refractivity contribution is 7.80. The summed E-state index contributed by atoms with van der Waals surface area (Å²) in [5, 5.41) is 7.45. The van der Waals surface area contributed by atoms with Crippen LogP contribution in [-0.2, 0) is 6.54 Å². The summed E-state index contributed by atoms with van der Waals surface area (Å²) in [5.41, 5.74) is 3.05. The molecule has 0 saturated carbocycles. The van der Waals surface area contributed by atoms with Crippen LogP contribution in [0.2, 0.25) is 0 Å². The molecule has 2 N–H and O–H groups in total. The van der Waals surface area contributed by atoms with Gasteiger partial charge in [0, 0.05) is 56.9 Å². The number of aromatic nitrogens is 4. The van der Waals surface area contributed by atoms with Crippen LogP contribution in [0.15, 0.2) is 30.6 Å². The van der Waals surface area contributed by atoms with E-state index in [-0.39, 0.29) is 0 Å². The lowest BCUT2D eigenvalue weighted by molar-refractivity contribution is 0.209. The molecule has 9 heteroatoms. The quantitative estimate of drug-likeness (QED) is 0.621. The van der Waals surface area contributed by atoms with Crippen molar-refractivity contribution >= 4 is 45.7 Å². The molecule has 8 nitrogen and oxygen atoms in total. The van der Waals surface area contributed by atoms with Crippen LogP contribution in [0.3, 0.4) is 0 Å². The Morgan fingerprint density at radius 3 is 2.63 bits per heavy atom. The van der Waals surface area contributed by atoms with Crippen LogP contribution >= 0.6 is 12.2 Å². The number of piperazine rings is 1. The van der Waals surface area contributed by atoms with Crippen molar-refractivity contribution < 1.29 is 0 Å². The van der Waals surface area contributed by atoms with Crippen molar-refractivity contribution in [1.29, 1.82) is 0 Å². The first-order valence-corrected chi connectivity index (χ1v) is 10.9. The van der Waals surface area contributed by atoms with Gasteiger partial charge >= 0.3 is 0 Å². The van der Waals surface area contributed by atoms with E-state index < -0.39 is 0 Å². The molecule has 0 spiro atoms. The number of hydrogen-bond acceptors (Lipinski definition) is 7. The molecule has 2 aliphatic heterocycles. The molecule has 1 fully saturated rings. The van der Waals surface area contributed by atoms with E-state index in [0.717, 1.165) is 72.5 Å². The second-order valence-electron chi connectivity index (χ2n) is 8.05. The van der Waals surface area contributed by atoms with Crippen LogP contribution in [0.1, 0.15) is 19.5 Å². The fraction of sp³-hybridized carbons (Fsp3) is 0.429. The molecule has 0 atom stereocenters. The number of thiocarbonyl (C=S) groups is 1. The molecule has 5 rings (SSSR count). The van der Waals surface area contributed by atoms with Crippen molar-refractivity contribution in [1.82, 2.24) is 29.7 Å². The van der Waals surface area contributed by atoms with Crippen LogP contribution in [0.4, 0.5) is 17.5 Å². The number of hydrogen-bond donors (Lipinski definition) is 2. The Balaban J connectivity index is 1.30. The fourth-order valence-electron chi connectivity index (χ4n) is 4.14. The Labute approximate surface area is 181 Å². The number of nitrogens with one attached hydrogen (secondary N) is 2. The zero-order valence-corrected chi connectivity index (χ0v) is 18.1. The Morgan fingerprint density at radius 2 is 1.90 bits per heavy atom. The maximum absolute atomic E-state index is 5.41. The standard InChI is InChI=1S/C21H26N8S/c1-14(2)27-7-9-28(10-8-27)16-3-4-18(23-13-16)25-21-24-12-15-11-17-20(30)22-5-6-29(17)19(15)26-21/h3-4,11-14H,5-10H2,1-2H3,(H,22,30)(H,23,24,25,26). The second kappa shape index (κ2) is 7.81. The molecule has 0 amide bonds. The molecule has 1 saturated heterocycles. The lowest BCUT2D eigenvalue weighted by Crippen LogP contribution is -2.48. The molecule has 0 unspecified atom stereocenters. The van der Waals surface area contributed by atoms with Gasteiger partial charge < -0.3 is 20.1 Å². The molecule has 3 aromatic rings. The second-order valence-corrected chi connectivity index (χ2v) is 8.46. The normalized spacial score (nSPS) is 17.3. The summed E-state index contributed by atoms with van der Waals surface area (Å²) in [7, 11) is 0. The van der Waals surface area contributed by atoms with Crippen LogP contribution in [-0.4, -0.2) is 68.2 Å². The van der Waals surface area contributed by atoms with Gasteiger partial charge in [-0.25, -0.2) is 9.97 Å². The van der Waals surface area contributed by atoms with Crippen molar-refractivity contribution in [3.63, 3.8) is 0 Å². The van der Waals surface area contributed by atoms with Gasteiger partial charge in [-0.05, 0) is 32.0 Å². The third-order valence-corrected chi connectivity index (χ3v) is 6.24. The van der Waals surface area contributed by atoms with Crippen molar-refractivity contribution in [2.75, 3.05) is 42.9 Å². The molecule has 0 aliphatic carbocycles. The van der Waals surface area contributed by atoms with Crippen LogP contribution in [0, 0.1) is 0 Å². The third kappa shape index (κ3) is 3.59. The predicted molar refractivity (Wildman–Crippen MR) is 124 cm³/mol. The van der Waals surface area contributed by atoms with Gasteiger partial charge in [0.05, 0.1) is 17.6 Å². The number of nitrogens with zero attached hydrogens (tertiary/aromatic N) is 6.